The molecule has 0 aromatic rings. The van der Waals surface area contributed by atoms with Crippen LogP contribution < -0.4 is 5.32 Å². The Balaban J connectivity index is 2.24. The van der Waals surface area contributed by atoms with Gasteiger partial charge >= 0.3 is 6.03 Å². The molecule has 0 radical (unpaired) electrons. The SMILES string of the molecule is CC(CN1C(=O)NC(=O)C2(CCCCCC2)C1=O)N(C)C. The molecule has 1 atom stereocenters. The first-order valence-electron chi connectivity index (χ1n) is 7.72. The van der Waals surface area contributed by atoms with Gasteiger partial charge in [-0.2, -0.15) is 0 Å². The molecule has 2 aliphatic rings. The van der Waals surface area contributed by atoms with E-state index in [0.717, 1.165) is 25.7 Å². The number of likely N-dealkylation sites (N-methyl/N-ethyl adjacent to an activating group) is 1. The highest BCUT2D eigenvalue weighted by molar-refractivity contribution is 6.19. The van der Waals surface area contributed by atoms with Crippen molar-refractivity contribution in [3.8, 4) is 0 Å². The van der Waals surface area contributed by atoms with Gasteiger partial charge in [0.05, 0.1) is 0 Å². The van der Waals surface area contributed by atoms with Crippen LogP contribution >= 0.6 is 0 Å². The van der Waals surface area contributed by atoms with Crippen molar-refractivity contribution in [1.82, 2.24) is 15.1 Å². The number of urea groups is 1. The average Bonchev–Trinajstić information content (AvgIpc) is 2.68. The summed E-state index contributed by atoms with van der Waals surface area (Å²) in [7, 11) is 3.81. The predicted molar refractivity (Wildman–Crippen MR) is 78.5 cm³/mol. The van der Waals surface area contributed by atoms with Gasteiger partial charge in [0.15, 0.2) is 0 Å². The second-order valence-corrected chi connectivity index (χ2v) is 6.48. The fraction of sp³-hybridized carbons (Fsp3) is 0.800. The van der Waals surface area contributed by atoms with Gasteiger partial charge in [-0.25, -0.2) is 4.79 Å². The number of hydrogen-bond acceptors (Lipinski definition) is 4. The Hall–Kier alpha value is -1.43. The van der Waals surface area contributed by atoms with Crippen molar-refractivity contribution in [2.45, 2.75) is 51.5 Å². The number of imide groups is 2. The van der Waals surface area contributed by atoms with Crippen LogP contribution in [0.1, 0.15) is 45.4 Å². The van der Waals surface area contributed by atoms with Crippen LogP contribution in [0.25, 0.3) is 0 Å². The third-order valence-electron chi connectivity index (χ3n) is 4.84. The summed E-state index contributed by atoms with van der Waals surface area (Å²) in [6.07, 6.45) is 4.93. The van der Waals surface area contributed by atoms with Gasteiger partial charge in [0.25, 0.3) is 0 Å². The Morgan fingerprint density at radius 2 is 1.71 bits per heavy atom. The van der Waals surface area contributed by atoms with E-state index in [9.17, 15) is 14.4 Å². The molecule has 6 heteroatoms. The van der Waals surface area contributed by atoms with E-state index in [-0.39, 0.29) is 11.9 Å². The van der Waals surface area contributed by atoms with E-state index in [2.05, 4.69) is 5.32 Å². The first kappa shape index (κ1) is 15.9. The van der Waals surface area contributed by atoms with E-state index < -0.39 is 17.4 Å². The first-order valence-corrected chi connectivity index (χ1v) is 7.72. The lowest BCUT2D eigenvalue weighted by Crippen LogP contribution is -2.65. The summed E-state index contributed by atoms with van der Waals surface area (Å²) in [6.45, 7) is 2.27. The summed E-state index contributed by atoms with van der Waals surface area (Å²) >= 11 is 0. The van der Waals surface area contributed by atoms with Crippen molar-refractivity contribution in [2.24, 2.45) is 5.41 Å². The Labute approximate surface area is 125 Å². The van der Waals surface area contributed by atoms with Gasteiger partial charge < -0.3 is 4.90 Å². The van der Waals surface area contributed by atoms with Gasteiger partial charge in [-0.05, 0) is 33.9 Å². The quantitative estimate of drug-likeness (QED) is 0.798. The van der Waals surface area contributed by atoms with Crippen molar-refractivity contribution in [2.75, 3.05) is 20.6 Å². The molecule has 21 heavy (non-hydrogen) atoms. The standard InChI is InChI=1S/C15H25N3O3/c1-11(17(2)3)10-18-13(20)15(12(19)16-14(18)21)8-6-4-5-7-9-15/h11H,4-10H2,1-3H3,(H,16,19,21). The molecular weight excluding hydrogens is 270 g/mol. The number of carbonyl (C=O) groups excluding carboxylic acids is 3. The molecule has 0 aromatic carbocycles. The van der Waals surface area contributed by atoms with E-state index in [1.165, 1.54) is 4.90 Å². The molecule has 2 rings (SSSR count). The van der Waals surface area contributed by atoms with Crippen LogP contribution in [0.15, 0.2) is 0 Å². The number of nitrogens with one attached hydrogen (secondary N) is 1. The number of barbiturate groups is 1. The van der Waals surface area contributed by atoms with E-state index in [1.807, 2.05) is 25.9 Å². The zero-order valence-electron chi connectivity index (χ0n) is 13.1. The van der Waals surface area contributed by atoms with Crippen molar-refractivity contribution in [3.63, 3.8) is 0 Å². The van der Waals surface area contributed by atoms with Crippen LogP contribution in [-0.4, -0.2) is 54.3 Å². The summed E-state index contributed by atoms with van der Waals surface area (Å²) in [5.41, 5.74) is -1.02. The molecule has 1 aliphatic heterocycles. The molecule has 6 nitrogen and oxygen atoms in total. The fourth-order valence-electron chi connectivity index (χ4n) is 3.10. The minimum Gasteiger partial charge on any atom is -0.305 e. The summed E-state index contributed by atoms with van der Waals surface area (Å²) in [6, 6.07) is -0.524. The molecule has 1 saturated heterocycles. The maximum absolute atomic E-state index is 12.9. The van der Waals surface area contributed by atoms with Gasteiger partial charge in [-0.1, -0.05) is 25.7 Å². The lowest BCUT2D eigenvalue weighted by molar-refractivity contribution is -0.153. The van der Waals surface area contributed by atoms with E-state index >= 15 is 0 Å². The fourth-order valence-corrected chi connectivity index (χ4v) is 3.10. The molecule has 1 saturated carbocycles. The minimum absolute atomic E-state index is 0.0516. The molecular formula is C15H25N3O3. The molecule has 0 bridgehead atoms. The summed E-state index contributed by atoms with van der Waals surface area (Å²) in [4.78, 5) is 40.4. The highest BCUT2D eigenvalue weighted by Crippen LogP contribution is 2.39. The maximum atomic E-state index is 12.9. The van der Waals surface area contributed by atoms with Crippen molar-refractivity contribution >= 4 is 17.8 Å². The van der Waals surface area contributed by atoms with Gasteiger partial charge in [0.2, 0.25) is 11.8 Å². The number of rotatable bonds is 3. The third kappa shape index (κ3) is 2.95. The molecule has 1 unspecified atom stereocenters. The Kier molecular flexibility index (Phi) is 4.66. The van der Waals surface area contributed by atoms with Gasteiger partial charge in [-0.3, -0.25) is 19.8 Å². The molecule has 0 aromatic heterocycles. The van der Waals surface area contributed by atoms with E-state index in [1.54, 1.807) is 0 Å². The highest BCUT2D eigenvalue weighted by Gasteiger charge is 2.53. The maximum Gasteiger partial charge on any atom is 0.330 e. The molecule has 1 N–H and O–H groups in total. The second kappa shape index (κ2) is 6.13. The number of amides is 4. The third-order valence-corrected chi connectivity index (χ3v) is 4.84. The normalized spacial score (nSPS) is 24.2. The Bertz CT molecular complexity index is 439. The van der Waals surface area contributed by atoms with Crippen LogP contribution in [0.5, 0.6) is 0 Å². The smallest absolute Gasteiger partial charge is 0.305 e. The predicted octanol–water partition coefficient (Wildman–Crippen LogP) is 1.36. The lowest BCUT2D eigenvalue weighted by atomic mass is 9.77. The minimum atomic E-state index is -1.02. The molecule has 118 valence electrons. The lowest BCUT2D eigenvalue weighted by Gasteiger charge is -2.40. The Morgan fingerprint density at radius 3 is 2.24 bits per heavy atom. The van der Waals surface area contributed by atoms with Crippen LogP contribution in [0.4, 0.5) is 4.79 Å². The molecule has 1 heterocycles. The second-order valence-electron chi connectivity index (χ2n) is 6.48. The molecule has 1 aliphatic carbocycles. The van der Waals surface area contributed by atoms with E-state index in [4.69, 9.17) is 0 Å². The van der Waals surface area contributed by atoms with Crippen LogP contribution in [-0.2, 0) is 9.59 Å². The monoisotopic (exact) mass is 295 g/mol. The van der Waals surface area contributed by atoms with E-state index in [0.29, 0.717) is 19.4 Å². The van der Waals surface area contributed by atoms with Gasteiger partial charge in [0.1, 0.15) is 5.41 Å². The van der Waals surface area contributed by atoms with Crippen LogP contribution in [0.2, 0.25) is 0 Å². The summed E-state index contributed by atoms with van der Waals surface area (Å²) < 4.78 is 0. The van der Waals surface area contributed by atoms with Gasteiger partial charge in [0, 0.05) is 12.6 Å². The van der Waals surface area contributed by atoms with Gasteiger partial charge in [-0.15, -0.1) is 0 Å². The summed E-state index contributed by atoms with van der Waals surface area (Å²) in [5.74, 6) is -0.694. The van der Waals surface area contributed by atoms with Crippen molar-refractivity contribution in [3.05, 3.63) is 0 Å². The zero-order chi connectivity index (χ0) is 15.6. The number of hydrogen-bond donors (Lipinski definition) is 1. The Morgan fingerprint density at radius 1 is 1.14 bits per heavy atom. The molecule has 4 amide bonds. The highest BCUT2D eigenvalue weighted by atomic mass is 16.2. The van der Waals surface area contributed by atoms with Crippen molar-refractivity contribution in [1.29, 1.82) is 0 Å². The summed E-state index contributed by atoms with van der Waals surface area (Å²) in [5, 5.41) is 2.40. The number of carbonyl (C=O) groups is 3. The van der Waals surface area contributed by atoms with Crippen LogP contribution in [0, 0.1) is 5.41 Å². The largest absolute Gasteiger partial charge is 0.330 e. The first-order chi connectivity index (χ1) is 9.88. The molecule has 1 spiro atoms. The topological polar surface area (TPSA) is 69.7 Å². The average molecular weight is 295 g/mol. The number of nitrogens with zero attached hydrogens (tertiary/aromatic N) is 2. The van der Waals surface area contributed by atoms with Crippen molar-refractivity contribution < 1.29 is 14.4 Å². The molecule has 2 fully saturated rings. The zero-order valence-corrected chi connectivity index (χ0v) is 13.1. The van der Waals surface area contributed by atoms with Crippen LogP contribution in [0.3, 0.4) is 0 Å².